The molecule has 2 aromatic carbocycles. The molecule has 0 spiro atoms. The van der Waals surface area contributed by atoms with E-state index in [1.54, 1.807) is 5.32 Å². The van der Waals surface area contributed by atoms with Crippen LogP contribution in [0.3, 0.4) is 0 Å². The zero-order valence-electron chi connectivity index (χ0n) is 19.2. The second kappa shape index (κ2) is 12.9. The van der Waals surface area contributed by atoms with Crippen molar-refractivity contribution in [1.29, 1.82) is 0 Å². The first-order chi connectivity index (χ1) is 17.4. The van der Waals surface area contributed by atoms with Crippen LogP contribution in [0, 0.1) is 5.92 Å². The van der Waals surface area contributed by atoms with Gasteiger partial charge in [-0.25, -0.2) is 4.39 Å². The lowest BCUT2D eigenvalue weighted by molar-refractivity contribution is -0.140. The Bertz CT molecular complexity index is 1210. The predicted octanol–water partition coefficient (Wildman–Crippen LogP) is 9.23. The van der Waals surface area contributed by atoms with Gasteiger partial charge in [0.15, 0.2) is 5.78 Å². The van der Waals surface area contributed by atoms with Crippen LogP contribution in [-0.2, 0) is 4.79 Å². The average molecular weight is 627 g/mol. The maximum absolute atomic E-state index is 14.9. The Balaban J connectivity index is 2.30. The van der Waals surface area contributed by atoms with Crippen LogP contribution in [0.1, 0.15) is 47.2 Å². The third kappa shape index (κ3) is 8.76. The number of hydrogen-bond acceptors (Lipinski definition) is 2. The Morgan fingerprint density at radius 1 is 0.947 bits per heavy atom. The molecule has 2 aromatic rings. The first-order valence-corrected chi connectivity index (χ1v) is 12.2. The third-order valence-corrected chi connectivity index (χ3v) is 6.84. The number of benzene rings is 2. The highest BCUT2D eigenvalue weighted by Crippen LogP contribution is 2.42. The molecule has 0 aromatic heterocycles. The van der Waals surface area contributed by atoms with Crippen molar-refractivity contribution in [3.63, 3.8) is 0 Å². The van der Waals surface area contributed by atoms with Crippen molar-refractivity contribution in [2.75, 3.05) is 6.54 Å². The van der Waals surface area contributed by atoms with Gasteiger partial charge in [0.2, 0.25) is 5.91 Å². The summed E-state index contributed by atoms with van der Waals surface area (Å²) in [5.74, 6) is -6.59. The van der Waals surface area contributed by atoms with Crippen molar-refractivity contribution < 1.29 is 40.3 Å². The van der Waals surface area contributed by atoms with Crippen molar-refractivity contribution in [3.8, 4) is 0 Å². The molecule has 1 N–H and O–H groups in total. The van der Waals surface area contributed by atoms with Gasteiger partial charge in [-0.1, -0.05) is 59.4 Å². The predicted molar refractivity (Wildman–Crippen MR) is 133 cm³/mol. The summed E-state index contributed by atoms with van der Waals surface area (Å²) in [6.45, 7) is -0.0704. The minimum Gasteiger partial charge on any atom is -0.347 e. The standard InChI is InChI=1S/C24H18Cl4F7NO2/c1-2-11(22(38)36-10-23(30,31)32)8-20(37)14-4-3-12(5-16(14)25)19(29)9-15(24(33,34)35)13-6-17(26)21(28)18(27)7-13/h3-7,9,11,15H,2,8,10H2,1H3,(H,36,38)/b19-9-/t11-,15?/m0/s1. The fourth-order valence-electron chi connectivity index (χ4n) is 3.35. The maximum atomic E-state index is 14.9. The summed E-state index contributed by atoms with van der Waals surface area (Å²) in [5.41, 5.74) is -1.05. The number of rotatable bonds is 9. The van der Waals surface area contributed by atoms with Gasteiger partial charge in [0, 0.05) is 23.5 Å². The van der Waals surface area contributed by atoms with E-state index < -0.39 is 60.2 Å². The van der Waals surface area contributed by atoms with Crippen molar-refractivity contribution in [2.24, 2.45) is 5.92 Å². The number of amides is 1. The smallest absolute Gasteiger partial charge is 0.347 e. The topological polar surface area (TPSA) is 46.2 Å². The Morgan fingerprint density at radius 3 is 2.00 bits per heavy atom. The molecule has 0 saturated carbocycles. The molecule has 0 aliphatic heterocycles. The van der Waals surface area contributed by atoms with E-state index in [-0.39, 0.29) is 43.7 Å². The highest BCUT2D eigenvalue weighted by Gasteiger charge is 2.40. The van der Waals surface area contributed by atoms with Crippen LogP contribution in [0.25, 0.3) is 5.83 Å². The van der Waals surface area contributed by atoms with Crippen LogP contribution in [0.5, 0.6) is 0 Å². The molecular weight excluding hydrogens is 609 g/mol. The van der Waals surface area contributed by atoms with E-state index in [9.17, 15) is 40.3 Å². The van der Waals surface area contributed by atoms with E-state index in [0.717, 1.165) is 30.3 Å². The van der Waals surface area contributed by atoms with E-state index in [1.165, 1.54) is 6.92 Å². The summed E-state index contributed by atoms with van der Waals surface area (Å²) >= 11 is 23.5. The van der Waals surface area contributed by atoms with Crippen molar-refractivity contribution >= 4 is 63.9 Å². The number of Topliss-reactive ketones (excluding diaryl/α,β-unsaturated/α-hetero) is 1. The molecule has 1 amide bonds. The van der Waals surface area contributed by atoms with E-state index in [2.05, 4.69) is 0 Å². The quantitative estimate of drug-likeness (QED) is 0.171. The number of nitrogens with one attached hydrogen (secondary N) is 1. The zero-order valence-corrected chi connectivity index (χ0v) is 22.2. The molecule has 2 rings (SSSR count). The molecule has 0 aliphatic rings. The van der Waals surface area contributed by atoms with Crippen LogP contribution in [0.4, 0.5) is 30.7 Å². The van der Waals surface area contributed by atoms with Crippen LogP contribution in [-0.4, -0.2) is 30.6 Å². The highest BCUT2D eigenvalue weighted by atomic mass is 35.5. The molecule has 208 valence electrons. The fourth-order valence-corrected chi connectivity index (χ4v) is 4.25. The molecule has 14 heteroatoms. The Morgan fingerprint density at radius 2 is 1.53 bits per heavy atom. The largest absolute Gasteiger partial charge is 0.405 e. The number of alkyl halides is 6. The third-order valence-electron chi connectivity index (χ3n) is 5.33. The summed E-state index contributed by atoms with van der Waals surface area (Å²) in [4.78, 5) is 24.6. The van der Waals surface area contributed by atoms with Crippen LogP contribution in [0.2, 0.25) is 20.1 Å². The molecular formula is C24H18Cl4F7NO2. The molecule has 38 heavy (non-hydrogen) atoms. The molecule has 0 fully saturated rings. The lowest BCUT2D eigenvalue weighted by atomic mass is 9.94. The van der Waals surface area contributed by atoms with Crippen LogP contribution < -0.4 is 5.32 Å². The van der Waals surface area contributed by atoms with Gasteiger partial charge >= 0.3 is 12.4 Å². The fraction of sp³-hybridized carbons (Fsp3) is 0.333. The van der Waals surface area contributed by atoms with Gasteiger partial charge in [-0.05, 0) is 42.3 Å². The normalized spacial score (nSPS) is 14.3. The van der Waals surface area contributed by atoms with Gasteiger partial charge in [0.1, 0.15) is 18.3 Å². The molecule has 0 bridgehead atoms. The Kier molecular flexibility index (Phi) is 10.9. The zero-order chi connectivity index (χ0) is 29.0. The summed E-state index contributed by atoms with van der Waals surface area (Å²) in [5, 5.41) is 0.675. The van der Waals surface area contributed by atoms with Gasteiger partial charge < -0.3 is 5.32 Å². The summed E-state index contributed by atoms with van der Waals surface area (Å²) in [6.07, 6.45) is -9.75. The summed E-state index contributed by atoms with van der Waals surface area (Å²) in [7, 11) is 0. The minimum absolute atomic E-state index is 0.0417. The molecule has 0 saturated heterocycles. The first kappa shape index (κ1) is 32.2. The number of carbonyl (C=O) groups is 2. The highest BCUT2D eigenvalue weighted by molar-refractivity contribution is 6.48. The molecule has 1 unspecified atom stereocenters. The monoisotopic (exact) mass is 625 g/mol. The van der Waals surface area contributed by atoms with E-state index in [4.69, 9.17) is 46.4 Å². The summed E-state index contributed by atoms with van der Waals surface area (Å²) < 4.78 is 93.2. The molecule has 2 atom stereocenters. The van der Waals surface area contributed by atoms with Gasteiger partial charge in [-0.3, -0.25) is 9.59 Å². The molecule has 0 radical (unpaired) electrons. The SMILES string of the molecule is CC[C@@H](CC(=O)c1ccc(/C(F)=C/C(c2cc(Cl)c(Cl)c(Cl)c2)C(F)(F)F)cc1Cl)C(=O)NCC(F)(F)F. The molecule has 3 nitrogen and oxygen atoms in total. The van der Waals surface area contributed by atoms with Crippen LogP contribution >= 0.6 is 46.4 Å². The summed E-state index contributed by atoms with van der Waals surface area (Å²) in [6, 6.07) is 4.78. The first-order valence-electron chi connectivity index (χ1n) is 10.7. The van der Waals surface area contributed by atoms with E-state index in [0.29, 0.717) is 0 Å². The van der Waals surface area contributed by atoms with Gasteiger partial charge in [0.25, 0.3) is 0 Å². The molecule has 0 heterocycles. The number of allylic oxidation sites excluding steroid dienone is 1. The number of hydrogen-bond donors (Lipinski definition) is 1. The van der Waals surface area contributed by atoms with E-state index in [1.807, 2.05) is 0 Å². The minimum atomic E-state index is -4.95. The Hall–Kier alpha value is -2.01. The average Bonchev–Trinajstić information content (AvgIpc) is 2.80. The van der Waals surface area contributed by atoms with Gasteiger partial charge in [-0.2, -0.15) is 26.3 Å². The van der Waals surface area contributed by atoms with Gasteiger partial charge in [0.05, 0.1) is 20.1 Å². The van der Waals surface area contributed by atoms with Crippen molar-refractivity contribution in [1.82, 2.24) is 5.32 Å². The molecule has 0 aliphatic carbocycles. The van der Waals surface area contributed by atoms with Crippen molar-refractivity contribution in [2.45, 2.75) is 38.0 Å². The number of carbonyl (C=O) groups excluding carboxylic acids is 2. The lowest BCUT2D eigenvalue weighted by Gasteiger charge is -2.19. The lowest BCUT2D eigenvalue weighted by Crippen LogP contribution is -2.38. The Labute approximate surface area is 232 Å². The second-order valence-corrected chi connectivity index (χ2v) is 9.69. The van der Waals surface area contributed by atoms with Gasteiger partial charge in [-0.15, -0.1) is 0 Å². The maximum Gasteiger partial charge on any atom is 0.405 e. The van der Waals surface area contributed by atoms with Crippen LogP contribution in [0.15, 0.2) is 36.4 Å². The van der Waals surface area contributed by atoms with E-state index >= 15 is 0 Å². The van der Waals surface area contributed by atoms with Crippen molar-refractivity contribution in [3.05, 3.63) is 73.2 Å². The number of halogens is 11. The number of ketones is 1. The second-order valence-electron chi connectivity index (χ2n) is 8.09.